The monoisotopic (exact) mass is 717 g/mol. The molecule has 4 aromatic rings. The summed E-state index contributed by atoms with van der Waals surface area (Å²) in [4.78, 5) is 69.5. The number of thiazole rings is 1. The van der Waals surface area contributed by atoms with E-state index in [-0.39, 0.29) is 33.5 Å². The molecule has 1 aromatic heterocycles. The molecule has 0 aliphatic carbocycles. The molecule has 0 saturated carbocycles. The van der Waals surface area contributed by atoms with Gasteiger partial charge in [0.05, 0.1) is 38.8 Å². The third-order valence-electron chi connectivity index (χ3n) is 7.33. The maximum Gasteiger partial charge on any atom is 0.338 e. The molecular weight excluding hydrogens is 697 g/mol. The second-order valence-corrected chi connectivity index (χ2v) is 13.6. The van der Waals surface area contributed by atoms with Gasteiger partial charge < -0.3 is 19.8 Å². The lowest BCUT2D eigenvalue weighted by Crippen LogP contribution is -2.32. The van der Waals surface area contributed by atoms with Crippen molar-refractivity contribution in [3.8, 4) is 5.75 Å². The molecule has 1 fully saturated rings. The number of carbonyl (C=O) groups excluding carboxylic acids is 4. The number of rotatable bonds is 8. The van der Waals surface area contributed by atoms with Crippen molar-refractivity contribution in [2.24, 2.45) is 5.92 Å². The van der Waals surface area contributed by atoms with Gasteiger partial charge >= 0.3 is 10.8 Å². The van der Waals surface area contributed by atoms with E-state index in [2.05, 4.69) is 10.3 Å². The van der Waals surface area contributed by atoms with Crippen LogP contribution in [0.5, 0.6) is 5.75 Å². The first-order valence-corrected chi connectivity index (χ1v) is 16.6. The Morgan fingerprint density at radius 3 is 2.43 bits per heavy atom. The molecule has 46 heavy (non-hydrogen) atoms. The number of nitrogens with zero attached hydrogens (tertiary/aromatic N) is 1. The van der Waals surface area contributed by atoms with Crippen LogP contribution in [0.3, 0.4) is 0 Å². The molecule has 0 radical (unpaired) electrons. The number of thioether (sulfide) groups is 1. The molecule has 2 N–H and O–H groups in total. The first-order valence-electron chi connectivity index (χ1n) is 13.8. The van der Waals surface area contributed by atoms with E-state index in [4.69, 9.17) is 44.3 Å². The molecule has 2 aliphatic heterocycles. The lowest BCUT2D eigenvalue weighted by molar-refractivity contribution is -0.122. The molecule has 2 aliphatic rings. The minimum atomic E-state index is -0.938. The Morgan fingerprint density at radius 1 is 0.957 bits per heavy atom. The lowest BCUT2D eigenvalue weighted by atomic mass is 9.82. The maximum atomic E-state index is 14.1. The summed E-state index contributed by atoms with van der Waals surface area (Å²) in [5.41, 5.74) is 1.41. The number of anilines is 2. The van der Waals surface area contributed by atoms with Crippen molar-refractivity contribution in [1.82, 2.24) is 4.98 Å². The Hall–Kier alpha value is -3.81. The van der Waals surface area contributed by atoms with Gasteiger partial charge in [-0.2, -0.15) is 0 Å². The molecule has 0 unspecified atom stereocenters. The molecule has 10 nitrogen and oxygen atoms in total. The first kappa shape index (κ1) is 32.1. The topological polar surface area (TPSA) is 135 Å². The van der Waals surface area contributed by atoms with Crippen LogP contribution in [0.15, 0.2) is 70.5 Å². The molecule has 3 amide bonds. The number of aromatic amines is 1. The number of halogens is 3. The number of hydrogen-bond acceptors (Lipinski definition) is 9. The summed E-state index contributed by atoms with van der Waals surface area (Å²) in [5, 5.41) is 3.20. The number of ether oxygens (including phenoxy) is 2. The van der Waals surface area contributed by atoms with Gasteiger partial charge in [0.1, 0.15) is 11.0 Å². The summed E-state index contributed by atoms with van der Waals surface area (Å²) in [6.07, 6.45) is 0. The highest BCUT2D eigenvalue weighted by Gasteiger charge is 2.57. The average Bonchev–Trinajstić information content (AvgIpc) is 3.52. The van der Waals surface area contributed by atoms with Gasteiger partial charge in [-0.3, -0.25) is 19.2 Å². The van der Waals surface area contributed by atoms with Gasteiger partial charge in [-0.25, -0.2) is 9.69 Å². The highest BCUT2D eigenvalue weighted by molar-refractivity contribution is 8.00. The van der Waals surface area contributed by atoms with Crippen molar-refractivity contribution >= 4 is 93.0 Å². The Morgan fingerprint density at radius 2 is 1.72 bits per heavy atom. The van der Waals surface area contributed by atoms with Gasteiger partial charge in [0.25, 0.3) is 5.91 Å². The molecule has 3 aromatic carbocycles. The van der Waals surface area contributed by atoms with Gasteiger partial charge in [-0.05, 0) is 67.6 Å². The van der Waals surface area contributed by atoms with E-state index in [1.807, 2.05) is 0 Å². The normalized spacial score (nSPS) is 18.6. The Balaban J connectivity index is 1.32. The number of nitrogens with one attached hydrogen (secondary N) is 2. The lowest BCUT2D eigenvalue weighted by Gasteiger charge is -2.31. The third-order valence-corrected chi connectivity index (χ3v) is 10.7. The smallest absolute Gasteiger partial charge is 0.338 e. The Labute approximate surface area is 284 Å². The zero-order chi connectivity index (χ0) is 32.7. The largest absolute Gasteiger partial charge is 0.483 e. The van der Waals surface area contributed by atoms with Gasteiger partial charge in [-0.1, -0.05) is 57.9 Å². The fourth-order valence-electron chi connectivity index (χ4n) is 5.38. The van der Waals surface area contributed by atoms with E-state index in [0.717, 1.165) is 28.0 Å². The molecule has 15 heteroatoms. The van der Waals surface area contributed by atoms with Crippen LogP contribution in [0.2, 0.25) is 15.1 Å². The quantitative estimate of drug-likeness (QED) is 0.158. The number of H-pyrrole nitrogens is 1. The fraction of sp³-hybridized carbons (Fsp3) is 0.194. The molecule has 236 valence electrons. The third kappa shape index (κ3) is 6.15. The van der Waals surface area contributed by atoms with E-state index in [1.165, 1.54) is 30.3 Å². The maximum absolute atomic E-state index is 14.1. The number of aromatic nitrogens is 1. The minimum Gasteiger partial charge on any atom is -0.483 e. The zero-order valence-electron chi connectivity index (χ0n) is 23.7. The average molecular weight is 719 g/mol. The summed E-state index contributed by atoms with van der Waals surface area (Å²) >= 11 is 20.5. The first-order chi connectivity index (χ1) is 22.0. The predicted molar refractivity (Wildman–Crippen MR) is 177 cm³/mol. The van der Waals surface area contributed by atoms with Gasteiger partial charge in [0.15, 0.2) is 6.61 Å². The van der Waals surface area contributed by atoms with Gasteiger partial charge in [-0.15, -0.1) is 0 Å². The van der Waals surface area contributed by atoms with Crippen LogP contribution in [0.4, 0.5) is 11.4 Å². The SMILES string of the molecule is CCOC(=O)c1ccc(N2C(=O)[C@H]3[C@H](c4cc(Cl)ccc4OCC(=O)Nc4ccc(Cl)c(Cl)c4)c4sc(=O)[nH]c4S[C@H]3C2=O)cc1. The van der Waals surface area contributed by atoms with Crippen LogP contribution in [0.1, 0.15) is 33.6 Å². The van der Waals surface area contributed by atoms with Crippen molar-refractivity contribution in [2.75, 3.05) is 23.4 Å². The van der Waals surface area contributed by atoms with Crippen LogP contribution >= 0.6 is 57.9 Å². The van der Waals surface area contributed by atoms with Crippen molar-refractivity contribution in [3.05, 3.63) is 101 Å². The van der Waals surface area contributed by atoms with E-state index in [0.29, 0.717) is 31.2 Å². The van der Waals surface area contributed by atoms with Crippen molar-refractivity contribution in [3.63, 3.8) is 0 Å². The van der Waals surface area contributed by atoms with E-state index >= 15 is 0 Å². The summed E-state index contributed by atoms with van der Waals surface area (Å²) in [5.74, 6) is -3.49. The highest BCUT2D eigenvalue weighted by Crippen LogP contribution is 2.54. The van der Waals surface area contributed by atoms with Gasteiger partial charge in [0.2, 0.25) is 11.8 Å². The van der Waals surface area contributed by atoms with E-state index in [9.17, 15) is 24.0 Å². The fourth-order valence-corrected chi connectivity index (χ4v) is 8.36. The van der Waals surface area contributed by atoms with Crippen LogP contribution in [-0.4, -0.2) is 47.1 Å². The van der Waals surface area contributed by atoms with Crippen molar-refractivity contribution in [1.29, 1.82) is 0 Å². The molecule has 0 bridgehead atoms. The molecule has 6 rings (SSSR count). The zero-order valence-corrected chi connectivity index (χ0v) is 27.6. The standard InChI is InChI=1S/C31H22Cl3N3O7S2/c1-2-43-30(41)14-3-7-17(8-4-14)37-28(39)24-23(25-27(36-31(42)46-25)45-26(24)29(37)40)18-11-15(32)5-10-21(18)44-13-22(38)35-16-6-9-19(33)20(34)12-16/h3-12,23-24,26H,2,13H2,1H3,(H,35,38)(H,36,42)/t23-,24-,26+/m0/s1. The number of benzene rings is 3. The summed E-state index contributed by atoms with van der Waals surface area (Å²) in [6, 6.07) is 15.4. The summed E-state index contributed by atoms with van der Waals surface area (Å²) in [6.45, 7) is 1.49. The van der Waals surface area contributed by atoms with Gasteiger partial charge in [0, 0.05) is 27.1 Å². The molecule has 3 heterocycles. The Bertz CT molecular complexity index is 1950. The van der Waals surface area contributed by atoms with E-state index in [1.54, 1.807) is 37.3 Å². The molecule has 3 atom stereocenters. The number of esters is 1. The van der Waals surface area contributed by atoms with Crippen LogP contribution < -0.4 is 19.8 Å². The molecule has 0 spiro atoms. The summed E-state index contributed by atoms with van der Waals surface area (Å²) < 4.78 is 11.0. The summed E-state index contributed by atoms with van der Waals surface area (Å²) in [7, 11) is 0. The second kappa shape index (κ2) is 13.1. The van der Waals surface area contributed by atoms with E-state index < -0.39 is 47.4 Å². The van der Waals surface area contributed by atoms with Crippen molar-refractivity contribution < 1.29 is 28.7 Å². The Kier molecular flexibility index (Phi) is 9.17. The van der Waals surface area contributed by atoms with Crippen LogP contribution in [-0.2, 0) is 19.1 Å². The van der Waals surface area contributed by atoms with Crippen LogP contribution in [0.25, 0.3) is 0 Å². The van der Waals surface area contributed by atoms with Crippen LogP contribution in [0, 0.1) is 5.92 Å². The molecule has 1 saturated heterocycles. The number of amides is 3. The number of imide groups is 1. The minimum absolute atomic E-state index is 0.203. The number of hydrogen-bond donors (Lipinski definition) is 2. The predicted octanol–water partition coefficient (Wildman–Crippen LogP) is 6.39. The van der Waals surface area contributed by atoms with Crippen molar-refractivity contribution in [2.45, 2.75) is 23.1 Å². The highest BCUT2D eigenvalue weighted by atomic mass is 35.5. The second-order valence-electron chi connectivity index (χ2n) is 10.2. The number of fused-ring (bicyclic) bond motifs is 2. The molecular formula is C31H22Cl3N3O7S2. The number of carbonyl (C=O) groups is 4.